The average molecular weight is 321 g/mol. The number of hydrogen-bond acceptors (Lipinski definition) is 3. The predicted octanol–water partition coefficient (Wildman–Crippen LogP) is 2.87. The Labute approximate surface area is 132 Å². The molecular weight excluding hydrogens is 304 g/mol. The molecule has 0 heterocycles. The Morgan fingerprint density at radius 2 is 1.78 bits per heavy atom. The fourth-order valence-corrected chi connectivity index (χ4v) is 2.19. The molecule has 23 heavy (non-hydrogen) atoms. The second kappa shape index (κ2) is 7.09. The molecule has 1 unspecified atom stereocenters. The molecule has 0 aliphatic heterocycles. The summed E-state index contributed by atoms with van der Waals surface area (Å²) in [6, 6.07) is 7.82. The van der Waals surface area contributed by atoms with Crippen LogP contribution in [0.4, 0.5) is 8.78 Å². The van der Waals surface area contributed by atoms with Gasteiger partial charge >= 0.3 is 0 Å². The van der Waals surface area contributed by atoms with E-state index in [1.165, 1.54) is 18.2 Å². The minimum Gasteiger partial charge on any atom is -0.504 e. The molecule has 1 amide bonds. The van der Waals surface area contributed by atoms with Crippen LogP contribution < -0.4 is 5.32 Å². The van der Waals surface area contributed by atoms with Gasteiger partial charge in [-0.1, -0.05) is 19.1 Å². The highest BCUT2D eigenvalue weighted by atomic mass is 19.1. The largest absolute Gasteiger partial charge is 0.504 e. The van der Waals surface area contributed by atoms with E-state index in [1.807, 2.05) is 0 Å². The van der Waals surface area contributed by atoms with Gasteiger partial charge in [0.05, 0.1) is 0 Å². The van der Waals surface area contributed by atoms with Crippen molar-refractivity contribution < 1.29 is 23.8 Å². The summed E-state index contributed by atoms with van der Waals surface area (Å²) in [4.78, 5) is 12.0. The maximum atomic E-state index is 13.5. The lowest BCUT2D eigenvalue weighted by Gasteiger charge is -2.13. The van der Waals surface area contributed by atoms with Gasteiger partial charge in [0.15, 0.2) is 11.5 Å². The standard InChI is InChI=1S/C17H17F2NO3/c1-10(7-11-5-6-15(21)16(22)8-11)17(23)20-9-12-13(18)3-2-4-14(12)19/h2-6,8,10,21-22H,7,9H2,1H3,(H,20,23). The quantitative estimate of drug-likeness (QED) is 0.742. The fourth-order valence-electron chi connectivity index (χ4n) is 2.19. The van der Waals surface area contributed by atoms with Crippen LogP contribution >= 0.6 is 0 Å². The molecule has 3 N–H and O–H groups in total. The van der Waals surface area contributed by atoms with E-state index in [-0.39, 0.29) is 29.5 Å². The van der Waals surface area contributed by atoms with Crippen molar-refractivity contribution in [2.75, 3.05) is 0 Å². The van der Waals surface area contributed by atoms with Crippen molar-refractivity contribution >= 4 is 5.91 Å². The van der Waals surface area contributed by atoms with E-state index < -0.39 is 17.6 Å². The second-order valence-corrected chi connectivity index (χ2v) is 5.35. The molecule has 1 atom stereocenters. The van der Waals surface area contributed by atoms with Crippen molar-refractivity contribution in [3.05, 3.63) is 59.2 Å². The number of aromatic hydroxyl groups is 2. The smallest absolute Gasteiger partial charge is 0.223 e. The molecule has 0 radical (unpaired) electrons. The number of hydrogen-bond donors (Lipinski definition) is 3. The van der Waals surface area contributed by atoms with E-state index >= 15 is 0 Å². The van der Waals surface area contributed by atoms with E-state index in [0.29, 0.717) is 12.0 Å². The van der Waals surface area contributed by atoms with Crippen LogP contribution in [0.5, 0.6) is 11.5 Å². The van der Waals surface area contributed by atoms with Crippen LogP contribution in [0.15, 0.2) is 36.4 Å². The van der Waals surface area contributed by atoms with Gasteiger partial charge in [-0.3, -0.25) is 4.79 Å². The summed E-state index contributed by atoms with van der Waals surface area (Å²) < 4.78 is 27.0. The number of rotatable bonds is 5. The zero-order valence-corrected chi connectivity index (χ0v) is 12.5. The Bertz CT molecular complexity index is 699. The van der Waals surface area contributed by atoms with E-state index in [0.717, 1.165) is 12.1 Å². The minimum absolute atomic E-state index is 0.185. The molecular formula is C17H17F2NO3. The van der Waals surface area contributed by atoms with Gasteiger partial charge in [-0.25, -0.2) is 8.78 Å². The van der Waals surface area contributed by atoms with Crippen molar-refractivity contribution in [3.63, 3.8) is 0 Å². The van der Waals surface area contributed by atoms with Crippen LogP contribution in [-0.4, -0.2) is 16.1 Å². The number of benzene rings is 2. The van der Waals surface area contributed by atoms with Crippen LogP contribution in [0, 0.1) is 17.6 Å². The SMILES string of the molecule is CC(Cc1ccc(O)c(O)c1)C(=O)NCc1c(F)cccc1F. The van der Waals surface area contributed by atoms with Gasteiger partial charge < -0.3 is 15.5 Å². The molecule has 2 rings (SSSR count). The zero-order valence-electron chi connectivity index (χ0n) is 12.5. The van der Waals surface area contributed by atoms with E-state index in [2.05, 4.69) is 5.32 Å². The van der Waals surface area contributed by atoms with Gasteiger partial charge in [-0.15, -0.1) is 0 Å². The van der Waals surface area contributed by atoms with Crippen LogP contribution in [0.25, 0.3) is 0 Å². The Hall–Kier alpha value is -2.63. The third kappa shape index (κ3) is 4.18. The number of phenolic OH excluding ortho intramolecular Hbond substituents is 2. The third-order valence-electron chi connectivity index (χ3n) is 3.53. The summed E-state index contributed by atoms with van der Waals surface area (Å²) in [5.41, 5.74) is 0.482. The van der Waals surface area contributed by atoms with Crippen molar-refractivity contribution in [2.24, 2.45) is 5.92 Å². The van der Waals surface area contributed by atoms with Gasteiger partial charge in [-0.05, 0) is 36.2 Å². The molecule has 0 saturated heterocycles. The number of nitrogens with one attached hydrogen (secondary N) is 1. The molecule has 2 aromatic carbocycles. The number of halogens is 2. The maximum absolute atomic E-state index is 13.5. The highest BCUT2D eigenvalue weighted by molar-refractivity contribution is 5.78. The van der Waals surface area contributed by atoms with Crippen molar-refractivity contribution in [2.45, 2.75) is 19.9 Å². The lowest BCUT2D eigenvalue weighted by molar-refractivity contribution is -0.124. The molecule has 0 aliphatic carbocycles. The van der Waals surface area contributed by atoms with Gasteiger partial charge in [0.25, 0.3) is 0 Å². The first kappa shape index (κ1) is 16.7. The van der Waals surface area contributed by atoms with Gasteiger partial charge in [0, 0.05) is 18.0 Å². The van der Waals surface area contributed by atoms with Crippen molar-refractivity contribution in [3.8, 4) is 11.5 Å². The molecule has 0 saturated carbocycles. The number of carbonyl (C=O) groups excluding carboxylic acids is 1. The summed E-state index contributed by atoms with van der Waals surface area (Å²) in [5.74, 6) is -2.73. The molecule has 6 heteroatoms. The van der Waals surface area contributed by atoms with E-state index in [4.69, 9.17) is 0 Å². The van der Waals surface area contributed by atoms with Crippen LogP contribution in [0.1, 0.15) is 18.1 Å². The Morgan fingerprint density at radius 3 is 2.39 bits per heavy atom. The zero-order chi connectivity index (χ0) is 17.0. The first-order valence-corrected chi connectivity index (χ1v) is 7.10. The summed E-state index contributed by atoms with van der Waals surface area (Å²) in [5, 5.41) is 21.2. The van der Waals surface area contributed by atoms with Crippen molar-refractivity contribution in [1.82, 2.24) is 5.32 Å². The highest BCUT2D eigenvalue weighted by Crippen LogP contribution is 2.26. The molecule has 0 bridgehead atoms. The lowest BCUT2D eigenvalue weighted by Crippen LogP contribution is -2.30. The molecule has 0 aliphatic rings. The molecule has 0 spiro atoms. The first-order chi connectivity index (χ1) is 10.9. The molecule has 0 aromatic heterocycles. The Balaban J connectivity index is 1.96. The first-order valence-electron chi connectivity index (χ1n) is 7.10. The van der Waals surface area contributed by atoms with Gasteiger partial charge in [0.1, 0.15) is 11.6 Å². The van der Waals surface area contributed by atoms with Gasteiger partial charge in [-0.2, -0.15) is 0 Å². The second-order valence-electron chi connectivity index (χ2n) is 5.35. The summed E-state index contributed by atoms with van der Waals surface area (Å²) in [6.45, 7) is 1.43. The fraction of sp³-hybridized carbons (Fsp3) is 0.235. The number of carbonyl (C=O) groups is 1. The summed E-state index contributed by atoms with van der Waals surface area (Å²) >= 11 is 0. The minimum atomic E-state index is -0.707. The van der Waals surface area contributed by atoms with Crippen LogP contribution in [0.2, 0.25) is 0 Å². The Kier molecular flexibility index (Phi) is 5.16. The normalized spacial score (nSPS) is 12.0. The van der Waals surface area contributed by atoms with Crippen LogP contribution in [0.3, 0.4) is 0 Å². The molecule has 0 fully saturated rings. The van der Waals surface area contributed by atoms with Crippen molar-refractivity contribution in [1.29, 1.82) is 0 Å². The highest BCUT2D eigenvalue weighted by Gasteiger charge is 2.16. The van der Waals surface area contributed by atoms with Gasteiger partial charge in [0.2, 0.25) is 5.91 Å². The molecule has 4 nitrogen and oxygen atoms in total. The predicted molar refractivity (Wildman–Crippen MR) is 80.8 cm³/mol. The third-order valence-corrected chi connectivity index (χ3v) is 3.53. The van der Waals surface area contributed by atoms with E-state index in [1.54, 1.807) is 13.0 Å². The monoisotopic (exact) mass is 321 g/mol. The maximum Gasteiger partial charge on any atom is 0.223 e. The summed E-state index contributed by atoms with van der Waals surface area (Å²) in [6.07, 6.45) is 0.319. The van der Waals surface area contributed by atoms with Crippen LogP contribution in [-0.2, 0) is 17.8 Å². The summed E-state index contributed by atoms with van der Waals surface area (Å²) in [7, 11) is 0. The average Bonchev–Trinajstić information content (AvgIpc) is 2.50. The van der Waals surface area contributed by atoms with E-state index in [9.17, 15) is 23.8 Å². The molecule has 122 valence electrons. The number of amides is 1. The number of phenols is 2. The Morgan fingerprint density at radius 1 is 1.13 bits per heavy atom. The molecule has 2 aromatic rings. The topological polar surface area (TPSA) is 69.6 Å². The lowest BCUT2D eigenvalue weighted by atomic mass is 10.00.